The molecule has 3 nitrogen and oxygen atoms in total. The van der Waals surface area contributed by atoms with Gasteiger partial charge in [0.25, 0.3) is 0 Å². The van der Waals surface area contributed by atoms with Crippen LogP contribution in [0.15, 0.2) is 24.3 Å². The van der Waals surface area contributed by atoms with E-state index in [4.69, 9.17) is 5.11 Å². The van der Waals surface area contributed by atoms with E-state index in [1.165, 1.54) is 5.56 Å². The number of rotatable bonds is 2. The Morgan fingerprint density at radius 1 is 1.47 bits per heavy atom. The molecule has 0 bridgehead atoms. The van der Waals surface area contributed by atoms with Crippen molar-refractivity contribution in [1.29, 1.82) is 0 Å². The van der Waals surface area contributed by atoms with Crippen molar-refractivity contribution in [2.24, 2.45) is 0 Å². The van der Waals surface area contributed by atoms with Crippen LogP contribution >= 0.6 is 0 Å². The third-order valence-electron chi connectivity index (χ3n) is 2.80. The van der Waals surface area contributed by atoms with Gasteiger partial charge in [0.1, 0.15) is 0 Å². The maximum absolute atomic E-state index is 10.7. The van der Waals surface area contributed by atoms with Crippen LogP contribution in [0.4, 0.5) is 5.69 Å². The van der Waals surface area contributed by atoms with Crippen LogP contribution in [0, 0.1) is 0 Å². The summed E-state index contributed by atoms with van der Waals surface area (Å²) in [4.78, 5) is 10.7. The minimum atomic E-state index is -0.730. The second kappa shape index (κ2) is 4.34. The molecule has 0 radical (unpaired) electrons. The van der Waals surface area contributed by atoms with Gasteiger partial charge in [-0.15, -0.1) is 0 Å². The lowest BCUT2D eigenvalue weighted by molar-refractivity contribution is -0.137. The van der Waals surface area contributed by atoms with E-state index in [1.807, 2.05) is 18.2 Å². The first-order chi connectivity index (χ1) is 7.25. The number of para-hydroxylation sites is 1. The molecule has 80 valence electrons. The van der Waals surface area contributed by atoms with Gasteiger partial charge in [-0.1, -0.05) is 18.2 Å². The average Bonchev–Trinajstić information content (AvgIpc) is 2.38. The molecule has 0 spiro atoms. The third-order valence-corrected chi connectivity index (χ3v) is 2.80. The average molecular weight is 205 g/mol. The van der Waals surface area contributed by atoms with Gasteiger partial charge in [-0.25, -0.2) is 0 Å². The number of nitrogens with one attached hydrogen (secondary N) is 1. The fraction of sp³-hybridized carbons (Fsp3) is 0.417. The zero-order chi connectivity index (χ0) is 10.7. The van der Waals surface area contributed by atoms with Gasteiger partial charge in [0.05, 0.1) is 6.42 Å². The summed E-state index contributed by atoms with van der Waals surface area (Å²) < 4.78 is 0. The third kappa shape index (κ3) is 2.49. The van der Waals surface area contributed by atoms with Gasteiger partial charge in [0.15, 0.2) is 0 Å². The van der Waals surface area contributed by atoms with Crippen LogP contribution < -0.4 is 5.32 Å². The second-order valence-electron chi connectivity index (χ2n) is 3.99. The summed E-state index contributed by atoms with van der Waals surface area (Å²) in [6.45, 7) is 0. The molecule has 15 heavy (non-hydrogen) atoms. The highest BCUT2D eigenvalue weighted by Crippen LogP contribution is 2.24. The molecule has 0 aliphatic carbocycles. The first-order valence-electron chi connectivity index (χ1n) is 5.32. The summed E-state index contributed by atoms with van der Waals surface area (Å²) in [7, 11) is 0. The van der Waals surface area contributed by atoms with E-state index in [-0.39, 0.29) is 12.5 Å². The number of fused-ring (bicyclic) bond motifs is 1. The molecule has 1 atom stereocenters. The Kier molecular flexibility index (Phi) is 2.90. The monoisotopic (exact) mass is 205 g/mol. The highest BCUT2D eigenvalue weighted by molar-refractivity contribution is 5.68. The van der Waals surface area contributed by atoms with Gasteiger partial charge >= 0.3 is 5.97 Å². The van der Waals surface area contributed by atoms with Crippen LogP contribution in [-0.4, -0.2) is 17.1 Å². The summed E-state index contributed by atoms with van der Waals surface area (Å²) in [5.41, 5.74) is 2.40. The summed E-state index contributed by atoms with van der Waals surface area (Å²) in [6, 6.07) is 8.21. The lowest BCUT2D eigenvalue weighted by Crippen LogP contribution is -2.22. The van der Waals surface area contributed by atoms with Gasteiger partial charge < -0.3 is 10.4 Å². The highest BCUT2D eigenvalue weighted by Gasteiger charge is 2.17. The van der Waals surface area contributed by atoms with Crippen molar-refractivity contribution in [3.63, 3.8) is 0 Å². The van der Waals surface area contributed by atoms with Crippen LogP contribution in [0.3, 0.4) is 0 Å². The Labute approximate surface area is 89.1 Å². The van der Waals surface area contributed by atoms with Gasteiger partial charge in [-0.2, -0.15) is 0 Å². The first kappa shape index (κ1) is 10.0. The maximum Gasteiger partial charge on any atom is 0.305 e. The number of aryl methyl sites for hydroxylation is 1. The molecule has 2 N–H and O–H groups in total. The van der Waals surface area contributed by atoms with Crippen molar-refractivity contribution in [3.05, 3.63) is 29.8 Å². The Morgan fingerprint density at radius 2 is 2.27 bits per heavy atom. The number of carboxylic acid groups (broad SMARTS) is 1. The number of hydrogen-bond acceptors (Lipinski definition) is 2. The second-order valence-corrected chi connectivity index (χ2v) is 3.99. The Morgan fingerprint density at radius 3 is 3.07 bits per heavy atom. The van der Waals surface area contributed by atoms with Crippen LogP contribution in [0.25, 0.3) is 0 Å². The van der Waals surface area contributed by atoms with E-state index in [0.29, 0.717) is 0 Å². The molecule has 2 rings (SSSR count). The van der Waals surface area contributed by atoms with Crippen LogP contribution in [0.2, 0.25) is 0 Å². The van der Waals surface area contributed by atoms with Crippen molar-refractivity contribution in [1.82, 2.24) is 0 Å². The number of aliphatic carboxylic acids is 1. The molecule has 0 amide bonds. The predicted octanol–water partition coefficient (Wildman–Crippen LogP) is 2.28. The minimum absolute atomic E-state index is 0.0751. The predicted molar refractivity (Wildman–Crippen MR) is 59.0 cm³/mol. The molecule has 1 heterocycles. The molecular formula is C12H15NO2. The fourth-order valence-corrected chi connectivity index (χ4v) is 2.07. The lowest BCUT2D eigenvalue weighted by Gasteiger charge is -2.15. The fourth-order valence-electron chi connectivity index (χ4n) is 2.07. The molecule has 1 aromatic carbocycles. The highest BCUT2D eigenvalue weighted by atomic mass is 16.4. The van der Waals surface area contributed by atoms with Gasteiger partial charge in [0, 0.05) is 11.7 Å². The van der Waals surface area contributed by atoms with E-state index in [2.05, 4.69) is 11.4 Å². The Hall–Kier alpha value is -1.51. The number of carbonyl (C=O) groups is 1. The molecule has 0 saturated heterocycles. The molecule has 0 fully saturated rings. The zero-order valence-electron chi connectivity index (χ0n) is 8.57. The Bertz CT molecular complexity index is 362. The number of benzene rings is 1. The zero-order valence-corrected chi connectivity index (χ0v) is 8.57. The van der Waals surface area contributed by atoms with Crippen molar-refractivity contribution in [2.45, 2.75) is 31.7 Å². The van der Waals surface area contributed by atoms with Crippen molar-refractivity contribution >= 4 is 11.7 Å². The van der Waals surface area contributed by atoms with E-state index in [1.54, 1.807) is 0 Å². The Balaban J connectivity index is 2.13. The minimum Gasteiger partial charge on any atom is -0.481 e. The van der Waals surface area contributed by atoms with Crippen molar-refractivity contribution < 1.29 is 9.90 Å². The number of hydrogen-bond donors (Lipinski definition) is 2. The molecule has 0 aromatic heterocycles. The van der Waals surface area contributed by atoms with Gasteiger partial charge in [-0.3, -0.25) is 4.79 Å². The molecule has 0 saturated carbocycles. The van der Waals surface area contributed by atoms with Gasteiger partial charge in [-0.05, 0) is 30.9 Å². The number of anilines is 1. The SMILES string of the molecule is O=C(O)CC1CCCc2ccccc2N1. The maximum atomic E-state index is 10.7. The smallest absolute Gasteiger partial charge is 0.305 e. The number of carboxylic acids is 1. The van der Waals surface area contributed by atoms with Crippen LogP contribution in [0.5, 0.6) is 0 Å². The quantitative estimate of drug-likeness (QED) is 0.778. The van der Waals surface area contributed by atoms with Crippen LogP contribution in [0.1, 0.15) is 24.8 Å². The largest absolute Gasteiger partial charge is 0.481 e. The molecular weight excluding hydrogens is 190 g/mol. The van der Waals surface area contributed by atoms with E-state index < -0.39 is 5.97 Å². The van der Waals surface area contributed by atoms with E-state index >= 15 is 0 Å². The first-order valence-corrected chi connectivity index (χ1v) is 5.32. The summed E-state index contributed by atoms with van der Waals surface area (Å²) in [5.74, 6) is -0.730. The summed E-state index contributed by atoms with van der Waals surface area (Å²) in [5, 5.41) is 12.1. The lowest BCUT2D eigenvalue weighted by atomic mass is 10.1. The molecule has 3 heteroatoms. The normalized spacial score (nSPS) is 19.9. The van der Waals surface area contributed by atoms with Crippen molar-refractivity contribution in [2.75, 3.05) is 5.32 Å². The van der Waals surface area contributed by atoms with Crippen molar-refractivity contribution in [3.8, 4) is 0 Å². The van der Waals surface area contributed by atoms with Crippen LogP contribution in [-0.2, 0) is 11.2 Å². The van der Waals surface area contributed by atoms with E-state index in [0.717, 1.165) is 24.9 Å². The molecule has 1 aliphatic heterocycles. The van der Waals surface area contributed by atoms with Gasteiger partial charge in [0.2, 0.25) is 0 Å². The molecule has 1 unspecified atom stereocenters. The topological polar surface area (TPSA) is 49.3 Å². The summed E-state index contributed by atoms with van der Waals surface area (Å²) in [6.07, 6.45) is 3.23. The standard InChI is InChI=1S/C12H15NO2/c14-12(15)8-10-6-3-5-9-4-1-2-7-11(9)13-10/h1-2,4,7,10,13H,3,5-6,8H2,(H,14,15). The molecule has 1 aliphatic rings. The molecule has 1 aromatic rings. The van der Waals surface area contributed by atoms with E-state index in [9.17, 15) is 4.79 Å². The summed E-state index contributed by atoms with van der Waals surface area (Å²) >= 11 is 0.